The summed E-state index contributed by atoms with van der Waals surface area (Å²) >= 11 is 5.78. The number of rotatable bonds is 1. The predicted octanol–water partition coefficient (Wildman–Crippen LogP) is 3.14. The third kappa shape index (κ3) is 2.52. The van der Waals surface area contributed by atoms with Gasteiger partial charge in [0.2, 0.25) is 0 Å². The smallest absolute Gasteiger partial charge is 0.152 e. The molecule has 0 bridgehead atoms. The number of hydrogen-bond donors (Lipinski definition) is 0. The molecule has 1 rings (SSSR count). The first-order valence-electron chi connectivity index (χ1n) is 4.23. The van der Waals surface area contributed by atoms with Crippen molar-refractivity contribution >= 4 is 11.6 Å². The van der Waals surface area contributed by atoms with Crippen molar-refractivity contribution in [3.63, 3.8) is 0 Å². The fraction of sp³-hybridized carbons (Fsp3) is 0.250. The largest absolute Gasteiger partial charge is 0.183 e. The van der Waals surface area contributed by atoms with E-state index in [9.17, 15) is 0 Å². The zero-order chi connectivity index (χ0) is 10.6. The van der Waals surface area contributed by atoms with Crippen molar-refractivity contribution in [1.29, 1.82) is 5.26 Å². The Labute approximate surface area is 89.3 Å². The number of benzene rings is 1. The topological polar surface area (TPSA) is 23.8 Å². The molecule has 14 heavy (non-hydrogen) atoms. The van der Waals surface area contributed by atoms with Gasteiger partial charge in [0, 0.05) is 10.9 Å². The molecule has 0 radical (unpaired) electrons. The molecule has 0 unspecified atom stereocenters. The van der Waals surface area contributed by atoms with Gasteiger partial charge < -0.3 is 0 Å². The van der Waals surface area contributed by atoms with Gasteiger partial charge in [-0.05, 0) is 31.5 Å². The molecule has 70 valence electrons. The standard InChI is InChI=1S/C12H10ClN/c1-12(2,8-3-9-14)10-4-6-11(13)7-5-10/h4-7H,1-2H3. The summed E-state index contributed by atoms with van der Waals surface area (Å²) in [6, 6.07) is 9.32. The lowest BCUT2D eigenvalue weighted by molar-refractivity contribution is 0.698. The van der Waals surface area contributed by atoms with Crippen molar-refractivity contribution in [1.82, 2.24) is 0 Å². The SMILES string of the molecule is CC(C)(C#CC#N)c1ccc(Cl)cc1. The highest BCUT2D eigenvalue weighted by atomic mass is 35.5. The van der Waals surface area contributed by atoms with Gasteiger partial charge in [-0.2, -0.15) is 5.26 Å². The van der Waals surface area contributed by atoms with Crippen LogP contribution in [0, 0.1) is 23.2 Å². The van der Waals surface area contributed by atoms with Crippen LogP contribution in [0.15, 0.2) is 24.3 Å². The van der Waals surface area contributed by atoms with E-state index in [-0.39, 0.29) is 5.41 Å². The molecule has 0 atom stereocenters. The molecule has 0 aliphatic carbocycles. The average molecular weight is 204 g/mol. The van der Waals surface area contributed by atoms with E-state index in [4.69, 9.17) is 16.9 Å². The van der Waals surface area contributed by atoms with Crippen LogP contribution in [0.25, 0.3) is 0 Å². The van der Waals surface area contributed by atoms with E-state index < -0.39 is 0 Å². The molecule has 0 N–H and O–H groups in total. The molecule has 0 fully saturated rings. The average Bonchev–Trinajstić information content (AvgIpc) is 2.16. The zero-order valence-corrected chi connectivity index (χ0v) is 8.89. The summed E-state index contributed by atoms with van der Waals surface area (Å²) in [6.07, 6.45) is 0. The van der Waals surface area contributed by atoms with Crippen molar-refractivity contribution in [3.05, 3.63) is 34.9 Å². The van der Waals surface area contributed by atoms with Crippen LogP contribution < -0.4 is 0 Å². The number of nitrogens with zero attached hydrogens (tertiary/aromatic N) is 1. The fourth-order valence-electron chi connectivity index (χ4n) is 1.12. The van der Waals surface area contributed by atoms with Crippen LogP contribution in [-0.2, 0) is 5.41 Å². The summed E-state index contributed by atoms with van der Waals surface area (Å²) < 4.78 is 0. The Morgan fingerprint density at radius 2 is 1.79 bits per heavy atom. The van der Waals surface area contributed by atoms with Crippen LogP contribution in [0.2, 0.25) is 5.02 Å². The fourth-order valence-corrected chi connectivity index (χ4v) is 1.25. The molecule has 0 amide bonds. The Morgan fingerprint density at radius 1 is 1.21 bits per heavy atom. The van der Waals surface area contributed by atoms with Crippen LogP contribution in [0.5, 0.6) is 0 Å². The second-order valence-electron chi connectivity index (χ2n) is 3.49. The van der Waals surface area contributed by atoms with Gasteiger partial charge >= 0.3 is 0 Å². The number of halogens is 1. The highest BCUT2D eigenvalue weighted by Gasteiger charge is 2.16. The molecule has 1 aromatic rings. The molecule has 2 heteroatoms. The Balaban J connectivity index is 3.05. The van der Waals surface area contributed by atoms with Gasteiger partial charge in [0.25, 0.3) is 0 Å². The van der Waals surface area contributed by atoms with Crippen molar-refractivity contribution in [3.8, 4) is 17.9 Å². The lowest BCUT2D eigenvalue weighted by atomic mass is 9.85. The second-order valence-corrected chi connectivity index (χ2v) is 3.93. The Morgan fingerprint density at radius 3 is 2.29 bits per heavy atom. The lowest BCUT2D eigenvalue weighted by Gasteiger charge is -2.17. The summed E-state index contributed by atoms with van der Waals surface area (Å²) in [5.74, 6) is 5.31. The van der Waals surface area contributed by atoms with Crippen LogP contribution in [-0.4, -0.2) is 0 Å². The molecular weight excluding hydrogens is 194 g/mol. The molecule has 0 saturated heterocycles. The third-order valence-electron chi connectivity index (χ3n) is 2.00. The maximum atomic E-state index is 8.38. The zero-order valence-electron chi connectivity index (χ0n) is 8.13. The molecule has 0 aliphatic rings. The van der Waals surface area contributed by atoms with Crippen LogP contribution in [0.4, 0.5) is 0 Å². The molecular formula is C12H10ClN. The molecule has 0 spiro atoms. The Kier molecular flexibility index (Phi) is 3.18. The summed E-state index contributed by atoms with van der Waals surface area (Å²) in [5, 5.41) is 9.08. The maximum absolute atomic E-state index is 8.38. The lowest BCUT2D eigenvalue weighted by Crippen LogP contribution is -2.13. The van der Waals surface area contributed by atoms with E-state index in [1.807, 2.05) is 44.2 Å². The highest BCUT2D eigenvalue weighted by Crippen LogP contribution is 2.23. The van der Waals surface area contributed by atoms with Gasteiger partial charge in [-0.1, -0.05) is 29.7 Å². The van der Waals surface area contributed by atoms with Crippen molar-refractivity contribution in [2.45, 2.75) is 19.3 Å². The predicted molar refractivity (Wildman–Crippen MR) is 57.9 cm³/mol. The van der Waals surface area contributed by atoms with Crippen molar-refractivity contribution in [2.24, 2.45) is 0 Å². The molecule has 1 nitrogen and oxygen atoms in total. The molecule has 0 saturated carbocycles. The van der Waals surface area contributed by atoms with E-state index in [1.54, 1.807) is 0 Å². The van der Waals surface area contributed by atoms with Gasteiger partial charge in [0.15, 0.2) is 6.07 Å². The minimum absolute atomic E-state index is 0.305. The summed E-state index contributed by atoms with van der Waals surface area (Å²) in [7, 11) is 0. The maximum Gasteiger partial charge on any atom is 0.152 e. The van der Waals surface area contributed by atoms with Crippen LogP contribution in [0.1, 0.15) is 19.4 Å². The molecule has 1 aromatic carbocycles. The van der Waals surface area contributed by atoms with Crippen molar-refractivity contribution in [2.75, 3.05) is 0 Å². The molecule has 0 heterocycles. The van der Waals surface area contributed by atoms with Gasteiger partial charge in [0.1, 0.15) is 0 Å². The monoisotopic (exact) mass is 203 g/mol. The quantitative estimate of drug-likeness (QED) is 0.644. The first-order valence-corrected chi connectivity index (χ1v) is 4.61. The minimum atomic E-state index is -0.305. The van der Waals surface area contributed by atoms with E-state index in [2.05, 4.69) is 11.8 Å². The van der Waals surface area contributed by atoms with Crippen molar-refractivity contribution < 1.29 is 0 Å². The first-order chi connectivity index (χ1) is 6.56. The van der Waals surface area contributed by atoms with E-state index >= 15 is 0 Å². The number of nitriles is 1. The second kappa shape index (κ2) is 4.18. The normalized spacial score (nSPS) is 9.86. The third-order valence-corrected chi connectivity index (χ3v) is 2.25. The van der Waals surface area contributed by atoms with Gasteiger partial charge in [-0.3, -0.25) is 0 Å². The Hall–Kier alpha value is -1.44. The van der Waals surface area contributed by atoms with E-state index in [1.165, 1.54) is 0 Å². The molecule has 0 aromatic heterocycles. The number of hydrogen-bond acceptors (Lipinski definition) is 1. The molecule has 0 aliphatic heterocycles. The van der Waals surface area contributed by atoms with E-state index in [0.717, 1.165) is 5.56 Å². The van der Waals surface area contributed by atoms with Crippen LogP contribution in [0.3, 0.4) is 0 Å². The first kappa shape index (κ1) is 10.6. The van der Waals surface area contributed by atoms with Crippen LogP contribution >= 0.6 is 11.6 Å². The van der Waals surface area contributed by atoms with Gasteiger partial charge in [-0.25, -0.2) is 0 Å². The summed E-state index contributed by atoms with van der Waals surface area (Å²) in [5.41, 5.74) is 0.755. The van der Waals surface area contributed by atoms with Gasteiger partial charge in [0.05, 0.1) is 5.41 Å². The Bertz CT molecular complexity index is 412. The highest BCUT2D eigenvalue weighted by molar-refractivity contribution is 6.30. The minimum Gasteiger partial charge on any atom is -0.183 e. The van der Waals surface area contributed by atoms with E-state index in [0.29, 0.717) is 5.02 Å². The van der Waals surface area contributed by atoms with Gasteiger partial charge in [-0.15, -0.1) is 0 Å². The summed E-state index contributed by atoms with van der Waals surface area (Å²) in [4.78, 5) is 0. The summed E-state index contributed by atoms with van der Waals surface area (Å²) in [6.45, 7) is 3.95.